The number of fused-ring (bicyclic) bond motifs is 1. The number of aromatic amines is 1. The highest BCUT2D eigenvalue weighted by atomic mass is 16.5. The fraction of sp³-hybridized carbons (Fsp3) is 0.280. The number of benzene rings is 2. The van der Waals surface area contributed by atoms with E-state index < -0.39 is 0 Å². The summed E-state index contributed by atoms with van der Waals surface area (Å²) in [5.41, 5.74) is 6.04. The van der Waals surface area contributed by atoms with Gasteiger partial charge in [-0.25, -0.2) is 4.68 Å². The molecule has 3 heterocycles. The third-order valence-electron chi connectivity index (χ3n) is 5.80. The van der Waals surface area contributed by atoms with Crippen molar-refractivity contribution < 1.29 is 4.74 Å². The highest BCUT2D eigenvalue weighted by Gasteiger charge is 2.15. The van der Waals surface area contributed by atoms with Crippen LogP contribution < -0.4 is 0 Å². The van der Waals surface area contributed by atoms with Crippen molar-refractivity contribution in [1.82, 2.24) is 34.7 Å². The van der Waals surface area contributed by atoms with Crippen molar-refractivity contribution in [2.24, 2.45) is 0 Å². The van der Waals surface area contributed by atoms with Gasteiger partial charge in [0.05, 0.1) is 17.4 Å². The molecule has 0 radical (unpaired) electrons. The predicted molar refractivity (Wildman–Crippen MR) is 128 cm³/mol. The maximum absolute atomic E-state index is 5.65. The molecule has 0 aliphatic rings. The molecule has 8 nitrogen and oxygen atoms in total. The standard InChI is InChI=1S/C25H27N7O/c1-5-33-17(4)32-14-21(13-27-32)18-7-6-8-19(11-18)24-22-12-20(9-10-23(22)28-29-24)25-30-26-15-31(25)16(2)3/h6-17H,5H2,1-4H3,(H,28,29). The lowest BCUT2D eigenvalue weighted by Crippen LogP contribution is -2.09. The van der Waals surface area contributed by atoms with E-state index in [9.17, 15) is 0 Å². The summed E-state index contributed by atoms with van der Waals surface area (Å²) in [6.45, 7) is 8.86. The van der Waals surface area contributed by atoms with E-state index in [1.54, 1.807) is 6.33 Å². The van der Waals surface area contributed by atoms with Gasteiger partial charge in [0.2, 0.25) is 0 Å². The minimum absolute atomic E-state index is 0.103. The Balaban J connectivity index is 1.53. The van der Waals surface area contributed by atoms with Crippen LogP contribution in [0.15, 0.2) is 61.2 Å². The Morgan fingerprint density at radius 2 is 1.85 bits per heavy atom. The maximum Gasteiger partial charge on any atom is 0.164 e. The summed E-state index contributed by atoms with van der Waals surface area (Å²) in [5, 5.41) is 21.8. The normalized spacial score (nSPS) is 12.6. The van der Waals surface area contributed by atoms with Gasteiger partial charge in [0.1, 0.15) is 12.6 Å². The van der Waals surface area contributed by atoms with Gasteiger partial charge in [-0.2, -0.15) is 10.2 Å². The topological polar surface area (TPSA) is 86.4 Å². The molecule has 0 aliphatic carbocycles. The van der Waals surface area contributed by atoms with Crippen LogP contribution >= 0.6 is 0 Å². The molecule has 0 aliphatic heterocycles. The number of H-pyrrole nitrogens is 1. The second-order valence-corrected chi connectivity index (χ2v) is 8.33. The van der Waals surface area contributed by atoms with Crippen LogP contribution in [0.1, 0.15) is 40.0 Å². The van der Waals surface area contributed by atoms with Crippen molar-refractivity contribution >= 4 is 10.9 Å². The number of nitrogens with one attached hydrogen (secondary N) is 1. The molecule has 0 bridgehead atoms. The van der Waals surface area contributed by atoms with E-state index in [-0.39, 0.29) is 12.3 Å². The van der Waals surface area contributed by atoms with E-state index in [0.717, 1.165) is 44.7 Å². The van der Waals surface area contributed by atoms with Gasteiger partial charge < -0.3 is 9.30 Å². The molecule has 3 aromatic heterocycles. The first-order valence-electron chi connectivity index (χ1n) is 11.2. The van der Waals surface area contributed by atoms with Gasteiger partial charge >= 0.3 is 0 Å². The van der Waals surface area contributed by atoms with Crippen LogP contribution in [0.25, 0.3) is 44.7 Å². The Kier molecular flexibility index (Phi) is 5.51. The zero-order chi connectivity index (χ0) is 22.9. The highest BCUT2D eigenvalue weighted by Crippen LogP contribution is 2.32. The lowest BCUT2D eigenvalue weighted by atomic mass is 10.0. The first-order chi connectivity index (χ1) is 16.0. The minimum Gasteiger partial charge on any atom is -0.357 e. The number of ether oxygens (including phenoxy) is 1. The molecule has 0 fully saturated rings. The Labute approximate surface area is 192 Å². The monoisotopic (exact) mass is 441 g/mol. The van der Waals surface area contributed by atoms with Crippen LogP contribution in [-0.4, -0.2) is 41.3 Å². The van der Waals surface area contributed by atoms with E-state index in [0.29, 0.717) is 6.61 Å². The summed E-state index contributed by atoms with van der Waals surface area (Å²) < 4.78 is 9.56. The second-order valence-electron chi connectivity index (χ2n) is 8.33. The Hall–Kier alpha value is -3.78. The van der Waals surface area contributed by atoms with Gasteiger partial charge in [-0.3, -0.25) is 5.10 Å². The molecule has 5 aromatic rings. The van der Waals surface area contributed by atoms with E-state index >= 15 is 0 Å². The molecular weight excluding hydrogens is 414 g/mol. The van der Waals surface area contributed by atoms with Gasteiger partial charge in [-0.15, -0.1) is 10.2 Å². The predicted octanol–water partition coefficient (Wildman–Crippen LogP) is 5.49. The van der Waals surface area contributed by atoms with Crippen LogP contribution in [0.3, 0.4) is 0 Å². The summed E-state index contributed by atoms with van der Waals surface area (Å²) >= 11 is 0. The lowest BCUT2D eigenvalue weighted by Gasteiger charge is -2.11. The van der Waals surface area contributed by atoms with Gasteiger partial charge in [-0.1, -0.05) is 18.2 Å². The molecule has 1 N–H and O–H groups in total. The van der Waals surface area contributed by atoms with Crippen LogP contribution in [0.4, 0.5) is 0 Å². The molecule has 2 aromatic carbocycles. The molecule has 0 spiro atoms. The first-order valence-corrected chi connectivity index (χ1v) is 11.2. The first kappa shape index (κ1) is 21.1. The van der Waals surface area contributed by atoms with Gasteiger partial charge in [0.15, 0.2) is 5.82 Å². The number of hydrogen-bond acceptors (Lipinski definition) is 5. The third kappa shape index (κ3) is 3.93. The Morgan fingerprint density at radius 1 is 1.00 bits per heavy atom. The highest BCUT2D eigenvalue weighted by molar-refractivity contribution is 5.95. The van der Waals surface area contributed by atoms with Gasteiger partial charge in [0, 0.05) is 40.9 Å². The zero-order valence-electron chi connectivity index (χ0n) is 19.2. The van der Waals surface area contributed by atoms with Crippen molar-refractivity contribution in [3.63, 3.8) is 0 Å². The van der Waals surface area contributed by atoms with Crippen molar-refractivity contribution in [2.45, 2.75) is 40.0 Å². The molecule has 8 heteroatoms. The summed E-state index contributed by atoms with van der Waals surface area (Å²) in [6.07, 6.45) is 5.55. The van der Waals surface area contributed by atoms with E-state index in [1.165, 1.54) is 0 Å². The van der Waals surface area contributed by atoms with Gasteiger partial charge in [-0.05, 0) is 57.5 Å². The minimum atomic E-state index is -0.103. The van der Waals surface area contributed by atoms with E-state index in [4.69, 9.17) is 4.74 Å². The molecule has 33 heavy (non-hydrogen) atoms. The SMILES string of the molecule is CCOC(C)n1cc(-c2cccc(-c3n[nH]c4ccc(-c5nncn5C(C)C)cc34)c2)cn1. The summed E-state index contributed by atoms with van der Waals surface area (Å²) in [7, 11) is 0. The molecular formula is C25H27N7O. The van der Waals surface area contributed by atoms with Crippen LogP contribution in [0.5, 0.6) is 0 Å². The van der Waals surface area contributed by atoms with Crippen molar-refractivity contribution in [3.8, 4) is 33.8 Å². The molecule has 5 rings (SSSR count). The summed E-state index contributed by atoms with van der Waals surface area (Å²) in [6, 6.07) is 14.9. The lowest BCUT2D eigenvalue weighted by molar-refractivity contribution is 0.0160. The average molecular weight is 442 g/mol. The fourth-order valence-corrected chi connectivity index (χ4v) is 4.05. The quantitative estimate of drug-likeness (QED) is 0.361. The number of aromatic nitrogens is 7. The summed E-state index contributed by atoms with van der Waals surface area (Å²) in [4.78, 5) is 0. The van der Waals surface area contributed by atoms with Gasteiger partial charge in [0.25, 0.3) is 0 Å². The molecule has 0 saturated carbocycles. The molecule has 0 amide bonds. The van der Waals surface area contributed by atoms with E-state index in [1.807, 2.05) is 43.1 Å². The van der Waals surface area contributed by atoms with E-state index in [2.05, 4.69) is 74.2 Å². The van der Waals surface area contributed by atoms with Crippen molar-refractivity contribution in [1.29, 1.82) is 0 Å². The second kappa shape index (κ2) is 8.63. The third-order valence-corrected chi connectivity index (χ3v) is 5.80. The zero-order valence-corrected chi connectivity index (χ0v) is 19.2. The molecule has 1 unspecified atom stereocenters. The summed E-state index contributed by atoms with van der Waals surface area (Å²) in [5.74, 6) is 0.851. The Bertz CT molecular complexity index is 1390. The van der Waals surface area contributed by atoms with Crippen LogP contribution in [0, 0.1) is 0 Å². The molecule has 0 saturated heterocycles. The Morgan fingerprint density at radius 3 is 2.67 bits per heavy atom. The number of rotatable bonds is 7. The van der Waals surface area contributed by atoms with Crippen molar-refractivity contribution in [2.75, 3.05) is 6.61 Å². The van der Waals surface area contributed by atoms with Crippen LogP contribution in [-0.2, 0) is 4.74 Å². The molecule has 1 atom stereocenters. The number of nitrogens with zero attached hydrogens (tertiary/aromatic N) is 6. The molecule has 168 valence electrons. The average Bonchev–Trinajstić information content (AvgIpc) is 3.58. The van der Waals surface area contributed by atoms with Crippen molar-refractivity contribution in [3.05, 3.63) is 61.2 Å². The van der Waals surface area contributed by atoms with Crippen LogP contribution in [0.2, 0.25) is 0 Å². The smallest absolute Gasteiger partial charge is 0.164 e. The number of hydrogen-bond donors (Lipinski definition) is 1. The fourth-order valence-electron chi connectivity index (χ4n) is 4.05. The maximum atomic E-state index is 5.65. The largest absolute Gasteiger partial charge is 0.357 e.